The number of ether oxygens (including phenoxy) is 1. The van der Waals surface area contributed by atoms with Gasteiger partial charge >= 0.3 is 12.1 Å². The Kier molecular flexibility index (Phi) is 4.80. The zero-order valence-corrected chi connectivity index (χ0v) is 10.1. The van der Waals surface area contributed by atoms with Gasteiger partial charge in [-0.25, -0.2) is 0 Å². The summed E-state index contributed by atoms with van der Waals surface area (Å²) in [6.07, 6.45) is -3.56. The fraction of sp³-hybridized carbons (Fsp3) is 0.909. The molecule has 0 amide bonds. The quantitative estimate of drug-likeness (QED) is 0.722. The van der Waals surface area contributed by atoms with Gasteiger partial charge in [0.1, 0.15) is 6.04 Å². The maximum atomic E-state index is 12.6. The number of piperidine rings is 1. The molecule has 0 aliphatic carbocycles. The number of esters is 1. The van der Waals surface area contributed by atoms with Gasteiger partial charge in [-0.1, -0.05) is 0 Å². The molecule has 1 aliphatic heterocycles. The lowest BCUT2D eigenvalue weighted by atomic mass is 9.96. The van der Waals surface area contributed by atoms with Gasteiger partial charge in [0.15, 0.2) is 0 Å². The summed E-state index contributed by atoms with van der Waals surface area (Å²) in [5.74, 6) is -1.77. The second-order valence-corrected chi connectivity index (χ2v) is 4.30. The predicted octanol–water partition coefficient (Wildman–Crippen LogP) is 2.21. The normalized spacial score (nSPS) is 24.4. The average Bonchev–Trinajstić information content (AvgIpc) is 2.27. The van der Waals surface area contributed by atoms with Gasteiger partial charge in [0.25, 0.3) is 0 Å². The van der Waals surface area contributed by atoms with E-state index in [0.717, 1.165) is 0 Å². The summed E-state index contributed by atoms with van der Waals surface area (Å²) >= 11 is 0. The van der Waals surface area contributed by atoms with E-state index in [0.29, 0.717) is 13.0 Å². The maximum Gasteiger partial charge on any atom is 0.393 e. The average molecular weight is 253 g/mol. The molecular weight excluding hydrogens is 235 g/mol. The molecule has 1 fully saturated rings. The van der Waals surface area contributed by atoms with Gasteiger partial charge in [-0.05, 0) is 33.2 Å². The summed E-state index contributed by atoms with van der Waals surface area (Å²) < 4.78 is 42.6. The van der Waals surface area contributed by atoms with Crippen molar-refractivity contribution < 1.29 is 22.7 Å². The van der Waals surface area contributed by atoms with Gasteiger partial charge < -0.3 is 4.74 Å². The Morgan fingerprint density at radius 1 is 1.53 bits per heavy atom. The highest BCUT2D eigenvalue weighted by Crippen LogP contribution is 2.33. The summed E-state index contributed by atoms with van der Waals surface area (Å²) in [7, 11) is 0. The molecule has 0 aromatic heterocycles. The summed E-state index contributed by atoms with van der Waals surface area (Å²) in [5, 5.41) is 0. The van der Waals surface area contributed by atoms with E-state index in [2.05, 4.69) is 0 Å². The highest BCUT2D eigenvalue weighted by molar-refractivity contribution is 5.75. The minimum Gasteiger partial charge on any atom is -0.465 e. The van der Waals surface area contributed by atoms with Crippen molar-refractivity contribution in [3.05, 3.63) is 0 Å². The number of likely N-dealkylation sites (tertiary alicyclic amines) is 1. The molecule has 3 nitrogen and oxygen atoms in total. The first-order valence-corrected chi connectivity index (χ1v) is 5.83. The van der Waals surface area contributed by atoms with E-state index in [9.17, 15) is 18.0 Å². The molecule has 0 saturated carbocycles. The third-order valence-electron chi connectivity index (χ3n) is 3.09. The first-order valence-electron chi connectivity index (χ1n) is 5.83. The Labute approximate surface area is 98.9 Å². The van der Waals surface area contributed by atoms with Crippen LogP contribution in [0.1, 0.15) is 26.7 Å². The molecule has 0 bridgehead atoms. The van der Waals surface area contributed by atoms with Crippen LogP contribution in [0.25, 0.3) is 0 Å². The molecule has 17 heavy (non-hydrogen) atoms. The molecular formula is C11H18F3NO2. The van der Waals surface area contributed by atoms with Crippen molar-refractivity contribution in [1.82, 2.24) is 4.90 Å². The number of alkyl halides is 3. The van der Waals surface area contributed by atoms with Gasteiger partial charge in [0, 0.05) is 6.54 Å². The van der Waals surface area contributed by atoms with Crippen molar-refractivity contribution >= 4 is 5.97 Å². The fourth-order valence-corrected chi connectivity index (χ4v) is 2.04. The molecule has 100 valence electrons. The first-order chi connectivity index (χ1) is 7.86. The van der Waals surface area contributed by atoms with Crippen LogP contribution < -0.4 is 0 Å². The molecule has 0 aromatic rings. The molecule has 1 heterocycles. The Bertz CT molecular complexity index is 268. The van der Waals surface area contributed by atoms with Crippen molar-refractivity contribution in [3.8, 4) is 0 Å². The van der Waals surface area contributed by atoms with Gasteiger partial charge in [0.2, 0.25) is 0 Å². The largest absolute Gasteiger partial charge is 0.465 e. The van der Waals surface area contributed by atoms with Crippen molar-refractivity contribution in [1.29, 1.82) is 0 Å². The Hall–Kier alpha value is -0.780. The van der Waals surface area contributed by atoms with Crippen LogP contribution in [-0.4, -0.2) is 42.8 Å². The van der Waals surface area contributed by atoms with Crippen molar-refractivity contribution in [2.24, 2.45) is 5.92 Å². The highest BCUT2D eigenvalue weighted by atomic mass is 19.4. The van der Waals surface area contributed by atoms with Crippen LogP contribution in [0.5, 0.6) is 0 Å². The molecule has 1 aliphatic rings. The summed E-state index contributed by atoms with van der Waals surface area (Å²) in [6.45, 7) is 3.94. The topological polar surface area (TPSA) is 29.5 Å². The molecule has 6 heteroatoms. The van der Waals surface area contributed by atoms with Crippen molar-refractivity contribution in [3.63, 3.8) is 0 Å². The lowest BCUT2D eigenvalue weighted by Crippen LogP contribution is -2.48. The number of carbonyl (C=O) groups excluding carboxylic acids is 1. The molecule has 0 N–H and O–H groups in total. The van der Waals surface area contributed by atoms with E-state index in [1.165, 1.54) is 0 Å². The standard InChI is InChI=1S/C11H18F3NO2/c1-3-17-10(16)8(2)15-6-4-5-9(7-15)11(12,13)14/h8-9H,3-7H2,1-2H3. The van der Waals surface area contributed by atoms with Crippen LogP contribution >= 0.6 is 0 Å². The molecule has 1 rings (SSSR count). The number of halogens is 3. The maximum absolute atomic E-state index is 12.6. The van der Waals surface area contributed by atoms with Gasteiger partial charge in [-0.3, -0.25) is 9.69 Å². The van der Waals surface area contributed by atoms with Gasteiger partial charge in [-0.2, -0.15) is 13.2 Å². The van der Waals surface area contributed by atoms with Gasteiger partial charge in [0.05, 0.1) is 12.5 Å². The summed E-state index contributed by atoms with van der Waals surface area (Å²) in [5.41, 5.74) is 0. The number of hydrogen-bond acceptors (Lipinski definition) is 3. The second kappa shape index (κ2) is 5.71. The number of carbonyl (C=O) groups is 1. The summed E-state index contributed by atoms with van der Waals surface area (Å²) in [6, 6.07) is -0.597. The van der Waals surface area contributed by atoms with Crippen LogP contribution in [0.2, 0.25) is 0 Å². The molecule has 0 spiro atoms. The third kappa shape index (κ3) is 3.87. The van der Waals surface area contributed by atoms with Crippen LogP contribution in [-0.2, 0) is 9.53 Å². The summed E-state index contributed by atoms with van der Waals surface area (Å²) in [4.78, 5) is 13.0. The van der Waals surface area contributed by atoms with Crippen LogP contribution in [0.4, 0.5) is 13.2 Å². The van der Waals surface area contributed by atoms with E-state index >= 15 is 0 Å². The Morgan fingerprint density at radius 2 is 2.18 bits per heavy atom. The van der Waals surface area contributed by atoms with E-state index in [4.69, 9.17) is 4.74 Å². The van der Waals surface area contributed by atoms with Gasteiger partial charge in [-0.15, -0.1) is 0 Å². The number of nitrogens with zero attached hydrogens (tertiary/aromatic N) is 1. The monoisotopic (exact) mass is 253 g/mol. The smallest absolute Gasteiger partial charge is 0.393 e. The van der Waals surface area contributed by atoms with Crippen molar-refractivity contribution in [2.75, 3.05) is 19.7 Å². The third-order valence-corrected chi connectivity index (χ3v) is 3.09. The molecule has 2 atom stereocenters. The Morgan fingerprint density at radius 3 is 2.71 bits per heavy atom. The van der Waals surface area contributed by atoms with Crippen LogP contribution in [0.3, 0.4) is 0 Å². The van der Waals surface area contributed by atoms with E-state index < -0.39 is 24.1 Å². The molecule has 0 radical (unpaired) electrons. The predicted molar refractivity (Wildman–Crippen MR) is 56.4 cm³/mol. The second-order valence-electron chi connectivity index (χ2n) is 4.30. The molecule has 1 saturated heterocycles. The van der Waals surface area contributed by atoms with E-state index in [1.54, 1.807) is 18.7 Å². The highest BCUT2D eigenvalue weighted by Gasteiger charge is 2.43. The van der Waals surface area contributed by atoms with Crippen molar-refractivity contribution in [2.45, 2.75) is 38.9 Å². The Balaban J connectivity index is 2.57. The minimum absolute atomic E-state index is 0.108. The van der Waals surface area contributed by atoms with Crippen LogP contribution in [0.15, 0.2) is 0 Å². The minimum atomic E-state index is -4.17. The lowest BCUT2D eigenvalue weighted by Gasteiger charge is -2.36. The SMILES string of the molecule is CCOC(=O)C(C)N1CCCC(C(F)(F)F)C1. The number of hydrogen-bond donors (Lipinski definition) is 0. The van der Waals surface area contributed by atoms with Crippen LogP contribution in [0, 0.1) is 5.92 Å². The zero-order chi connectivity index (χ0) is 13.1. The lowest BCUT2D eigenvalue weighted by molar-refractivity contribution is -0.190. The fourth-order valence-electron chi connectivity index (χ4n) is 2.04. The van der Waals surface area contributed by atoms with E-state index in [-0.39, 0.29) is 19.6 Å². The molecule has 0 aromatic carbocycles. The number of rotatable bonds is 3. The molecule has 2 unspecified atom stereocenters. The zero-order valence-electron chi connectivity index (χ0n) is 10.1. The van der Waals surface area contributed by atoms with E-state index in [1.807, 2.05) is 0 Å². The first kappa shape index (κ1) is 14.3.